The zero-order valence-electron chi connectivity index (χ0n) is 12.6. The minimum Gasteiger partial charge on any atom is -0.353 e. The van der Waals surface area contributed by atoms with E-state index in [-0.39, 0.29) is 5.91 Å². The Morgan fingerprint density at radius 1 is 1.15 bits per heavy atom. The van der Waals surface area contributed by atoms with Crippen LogP contribution in [0.5, 0.6) is 0 Å². The molecule has 0 aromatic heterocycles. The van der Waals surface area contributed by atoms with E-state index in [1.54, 1.807) is 0 Å². The number of nitrogens with one attached hydrogen (secondary N) is 2. The van der Waals surface area contributed by atoms with Gasteiger partial charge in [-0.15, -0.1) is 0 Å². The third-order valence-electron chi connectivity index (χ3n) is 5.32. The van der Waals surface area contributed by atoms with Crippen LogP contribution in [-0.4, -0.2) is 48.6 Å². The third kappa shape index (κ3) is 3.73. The average molecular weight is 279 g/mol. The maximum Gasteiger partial charge on any atom is 0.220 e. The van der Waals surface area contributed by atoms with E-state index in [0.717, 1.165) is 25.4 Å². The lowest BCUT2D eigenvalue weighted by Gasteiger charge is -2.35. The number of hydrogen-bond donors (Lipinski definition) is 2. The Morgan fingerprint density at radius 3 is 2.95 bits per heavy atom. The van der Waals surface area contributed by atoms with Gasteiger partial charge in [0.15, 0.2) is 0 Å². The number of carbonyl (C=O) groups excluding carboxylic acids is 1. The molecule has 3 unspecified atom stereocenters. The Labute approximate surface area is 122 Å². The van der Waals surface area contributed by atoms with Crippen LogP contribution < -0.4 is 10.6 Å². The van der Waals surface area contributed by atoms with Crippen LogP contribution >= 0.6 is 0 Å². The quantitative estimate of drug-likeness (QED) is 0.822. The monoisotopic (exact) mass is 279 g/mol. The molecule has 0 radical (unpaired) electrons. The fourth-order valence-corrected chi connectivity index (χ4v) is 4.13. The number of fused-ring (bicyclic) bond motifs is 1. The first kappa shape index (κ1) is 14.3. The molecule has 0 saturated carbocycles. The largest absolute Gasteiger partial charge is 0.353 e. The van der Waals surface area contributed by atoms with Crippen molar-refractivity contribution in [3.8, 4) is 0 Å². The first-order valence-electron chi connectivity index (χ1n) is 8.58. The topological polar surface area (TPSA) is 44.4 Å². The number of nitrogens with zero attached hydrogens (tertiary/aromatic N) is 1. The highest BCUT2D eigenvalue weighted by molar-refractivity contribution is 5.76. The third-order valence-corrected chi connectivity index (χ3v) is 5.32. The zero-order valence-corrected chi connectivity index (χ0v) is 12.6. The molecule has 4 nitrogen and oxygen atoms in total. The van der Waals surface area contributed by atoms with E-state index >= 15 is 0 Å². The van der Waals surface area contributed by atoms with Crippen molar-refractivity contribution in [3.63, 3.8) is 0 Å². The Balaban J connectivity index is 1.36. The molecule has 3 aliphatic rings. The molecule has 3 heterocycles. The van der Waals surface area contributed by atoms with Gasteiger partial charge >= 0.3 is 0 Å². The van der Waals surface area contributed by atoms with Gasteiger partial charge in [0.2, 0.25) is 5.91 Å². The number of rotatable bonds is 4. The summed E-state index contributed by atoms with van der Waals surface area (Å²) < 4.78 is 0. The van der Waals surface area contributed by atoms with Gasteiger partial charge in [-0.3, -0.25) is 4.79 Å². The maximum absolute atomic E-state index is 12.1. The summed E-state index contributed by atoms with van der Waals surface area (Å²) in [6.07, 6.45) is 10.6. The molecule has 3 rings (SSSR count). The maximum atomic E-state index is 12.1. The summed E-state index contributed by atoms with van der Waals surface area (Å²) in [6.45, 7) is 3.59. The highest BCUT2D eigenvalue weighted by Gasteiger charge is 2.32. The molecule has 4 heteroatoms. The second kappa shape index (κ2) is 6.90. The molecule has 3 fully saturated rings. The summed E-state index contributed by atoms with van der Waals surface area (Å²) >= 11 is 0. The van der Waals surface area contributed by atoms with Crippen LogP contribution in [0.15, 0.2) is 0 Å². The molecule has 20 heavy (non-hydrogen) atoms. The lowest BCUT2D eigenvalue weighted by Crippen LogP contribution is -2.47. The fraction of sp³-hybridized carbons (Fsp3) is 0.938. The van der Waals surface area contributed by atoms with Gasteiger partial charge in [-0.25, -0.2) is 0 Å². The molecule has 3 saturated heterocycles. The van der Waals surface area contributed by atoms with Crippen molar-refractivity contribution in [2.45, 2.75) is 75.9 Å². The normalized spacial score (nSPS) is 34.7. The summed E-state index contributed by atoms with van der Waals surface area (Å²) in [4.78, 5) is 14.7. The van der Waals surface area contributed by atoms with E-state index in [0.29, 0.717) is 18.5 Å². The summed E-state index contributed by atoms with van der Waals surface area (Å²) in [6, 6.07) is 1.75. The first-order valence-corrected chi connectivity index (χ1v) is 8.58. The Morgan fingerprint density at radius 2 is 2.10 bits per heavy atom. The number of hydrogen-bond acceptors (Lipinski definition) is 3. The summed E-state index contributed by atoms with van der Waals surface area (Å²) in [5.74, 6) is 0.272. The molecule has 0 spiro atoms. The van der Waals surface area contributed by atoms with Gasteiger partial charge in [0.25, 0.3) is 0 Å². The molecule has 2 N–H and O–H groups in total. The summed E-state index contributed by atoms with van der Waals surface area (Å²) in [5, 5.41) is 6.80. The van der Waals surface area contributed by atoms with Crippen LogP contribution in [0.2, 0.25) is 0 Å². The minimum absolute atomic E-state index is 0.272. The van der Waals surface area contributed by atoms with Gasteiger partial charge in [-0.05, 0) is 58.0 Å². The van der Waals surface area contributed by atoms with Crippen molar-refractivity contribution < 1.29 is 4.79 Å². The lowest BCUT2D eigenvalue weighted by atomic mass is 9.97. The molecule has 3 atom stereocenters. The van der Waals surface area contributed by atoms with Crippen molar-refractivity contribution in [1.29, 1.82) is 0 Å². The van der Waals surface area contributed by atoms with Crippen molar-refractivity contribution >= 4 is 5.91 Å². The Bertz CT molecular complexity index is 328. The van der Waals surface area contributed by atoms with Gasteiger partial charge in [0, 0.05) is 31.1 Å². The van der Waals surface area contributed by atoms with E-state index in [9.17, 15) is 4.79 Å². The molecule has 0 aromatic carbocycles. The zero-order chi connectivity index (χ0) is 13.8. The van der Waals surface area contributed by atoms with Crippen LogP contribution in [0.4, 0.5) is 0 Å². The number of piperidine rings is 2. The predicted octanol–water partition coefficient (Wildman–Crippen LogP) is 1.65. The molecule has 3 aliphatic heterocycles. The number of carbonyl (C=O) groups is 1. The van der Waals surface area contributed by atoms with E-state index in [1.165, 1.54) is 51.6 Å². The molecule has 1 amide bonds. The second-order valence-corrected chi connectivity index (χ2v) is 6.81. The smallest absolute Gasteiger partial charge is 0.220 e. The fourth-order valence-electron chi connectivity index (χ4n) is 4.13. The molecule has 0 aromatic rings. The van der Waals surface area contributed by atoms with Gasteiger partial charge in [-0.1, -0.05) is 6.42 Å². The average Bonchev–Trinajstić information content (AvgIpc) is 2.94. The molecular weight excluding hydrogens is 250 g/mol. The van der Waals surface area contributed by atoms with Crippen LogP contribution in [0, 0.1) is 0 Å². The van der Waals surface area contributed by atoms with Crippen LogP contribution in [0.1, 0.15) is 57.8 Å². The van der Waals surface area contributed by atoms with E-state index in [4.69, 9.17) is 0 Å². The van der Waals surface area contributed by atoms with Gasteiger partial charge in [0.1, 0.15) is 0 Å². The number of amides is 1. The Kier molecular flexibility index (Phi) is 4.94. The summed E-state index contributed by atoms with van der Waals surface area (Å²) in [7, 11) is 0. The van der Waals surface area contributed by atoms with Gasteiger partial charge < -0.3 is 15.5 Å². The van der Waals surface area contributed by atoms with E-state index in [2.05, 4.69) is 15.5 Å². The van der Waals surface area contributed by atoms with Crippen molar-refractivity contribution in [2.75, 3.05) is 19.6 Å². The summed E-state index contributed by atoms with van der Waals surface area (Å²) in [5.41, 5.74) is 0. The minimum atomic E-state index is 0.272. The Hall–Kier alpha value is -0.610. The van der Waals surface area contributed by atoms with Gasteiger partial charge in [-0.2, -0.15) is 0 Å². The molecular formula is C16H29N3O. The first-order chi connectivity index (χ1) is 9.81. The molecule has 0 bridgehead atoms. The molecule has 114 valence electrons. The predicted molar refractivity (Wildman–Crippen MR) is 80.6 cm³/mol. The standard InChI is InChI=1S/C16H29N3O/c20-16(7-6-13-4-1-2-9-17-13)18-14-8-11-19-10-3-5-15(19)12-14/h13-15,17H,1-12H2,(H,18,20). The van der Waals surface area contributed by atoms with E-state index < -0.39 is 0 Å². The molecule has 0 aliphatic carbocycles. The van der Waals surface area contributed by atoms with Crippen LogP contribution in [0.25, 0.3) is 0 Å². The highest BCUT2D eigenvalue weighted by Crippen LogP contribution is 2.26. The van der Waals surface area contributed by atoms with Crippen molar-refractivity contribution in [1.82, 2.24) is 15.5 Å². The van der Waals surface area contributed by atoms with Crippen molar-refractivity contribution in [2.24, 2.45) is 0 Å². The van der Waals surface area contributed by atoms with Gasteiger partial charge in [0.05, 0.1) is 0 Å². The van der Waals surface area contributed by atoms with Crippen LogP contribution in [-0.2, 0) is 4.79 Å². The van der Waals surface area contributed by atoms with Crippen LogP contribution in [0.3, 0.4) is 0 Å². The SMILES string of the molecule is O=C(CCC1CCCCN1)NC1CCN2CCCC2C1. The highest BCUT2D eigenvalue weighted by atomic mass is 16.1. The second-order valence-electron chi connectivity index (χ2n) is 6.81. The van der Waals surface area contributed by atoms with E-state index in [1.807, 2.05) is 0 Å². The lowest BCUT2D eigenvalue weighted by molar-refractivity contribution is -0.122. The van der Waals surface area contributed by atoms with Crippen molar-refractivity contribution in [3.05, 3.63) is 0 Å².